The summed E-state index contributed by atoms with van der Waals surface area (Å²) in [6, 6.07) is 5.34. The van der Waals surface area contributed by atoms with Crippen molar-refractivity contribution in [3.05, 3.63) is 34.6 Å². The lowest BCUT2D eigenvalue weighted by Gasteiger charge is -2.31. The van der Waals surface area contributed by atoms with Crippen LogP contribution in [0.2, 0.25) is 5.02 Å². The topological polar surface area (TPSA) is 0 Å². The molecule has 100 valence electrons. The SMILES string of the molecule is CC(C)C1CCC(Cc2cccc(Cl)c2F)CC1. The molecular weight excluding hydrogens is 247 g/mol. The lowest BCUT2D eigenvalue weighted by Crippen LogP contribution is -2.20. The molecule has 0 N–H and O–H groups in total. The van der Waals surface area contributed by atoms with E-state index >= 15 is 0 Å². The number of hydrogen-bond donors (Lipinski definition) is 0. The molecule has 1 fully saturated rings. The van der Waals surface area contributed by atoms with Crippen molar-refractivity contribution < 1.29 is 4.39 Å². The molecule has 2 heteroatoms. The molecule has 0 unspecified atom stereocenters. The van der Waals surface area contributed by atoms with E-state index in [9.17, 15) is 4.39 Å². The van der Waals surface area contributed by atoms with E-state index in [-0.39, 0.29) is 10.8 Å². The van der Waals surface area contributed by atoms with Gasteiger partial charge in [0.15, 0.2) is 0 Å². The third-order valence-corrected chi connectivity index (χ3v) is 4.67. The van der Waals surface area contributed by atoms with E-state index in [4.69, 9.17) is 11.6 Å². The zero-order chi connectivity index (χ0) is 13.1. The van der Waals surface area contributed by atoms with Gasteiger partial charge in [-0.05, 0) is 61.5 Å². The van der Waals surface area contributed by atoms with Crippen LogP contribution in [0.3, 0.4) is 0 Å². The fourth-order valence-corrected chi connectivity index (χ4v) is 3.27. The van der Waals surface area contributed by atoms with Crippen LogP contribution in [0.4, 0.5) is 4.39 Å². The normalized spacial score (nSPS) is 24.5. The van der Waals surface area contributed by atoms with E-state index in [1.165, 1.54) is 25.7 Å². The predicted molar refractivity (Wildman–Crippen MR) is 75.4 cm³/mol. The second-order valence-electron chi connectivity index (χ2n) is 5.94. The zero-order valence-electron chi connectivity index (χ0n) is 11.3. The maximum absolute atomic E-state index is 13.8. The van der Waals surface area contributed by atoms with Crippen molar-refractivity contribution in [2.75, 3.05) is 0 Å². The largest absolute Gasteiger partial charge is 0.205 e. The Morgan fingerprint density at radius 3 is 2.50 bits per heavy atom. The average Bonchev–Trinajstić information content (AvgIpc) is 2.36. The molecular formula is C16H22ClF. The summed E-state index contributed by atoms with van der Waals surface area (Å²) in [6.07, 6.45) is 5.90. The molecule has 0 bridgehead atoms. The van der Waals surface area contributed by atoms with E-state index in [1.807, 2.05) is 12.1 Å². The molecule has 1 aliphatic carbocycles. The smallest absolute Gasteiger partial charge is 0.144 e. The fraction of sp³-hybridized carbons (Fsp3) is 0.625. The van der Waals surface area contributed by atoms with E-state index in [0.29, 0.717) is 5.92 Å². The highest BCUT2D eigenvalue weighted by molar-refractivity contribution is 6.30. The fourth-order valence-electron chi connectivity index (χ4n) is 3.08. The van der Waals surface area contributed by atoms with Gasteiger partial charge in [-0.1, -0.05) is 37.6 Å². The van der Waals surface area contributed by atoms with E-state index in [1.54, 1.807) is 6.07 Å². The van der Waals surface area contributed by atoms with Gasteiger partial charge < -0.3 is 0 Å². The molecule has 1 aromatic rings. The third-order valence-electron chi connectivity index (χ3n) is 4.37. The van der Waals surface area contributed by atoms with Gasteiger partial charge in [-0.2, -0.15) is 0 Å². The van der Waals surface area contributed by atoms with Crippen LogP contribution in [0.5, 0.6) is 0 Å². The minimum Gasteiger partial charge on any atom is -0.205 e. The van der Waals surface area contributed by atoms with Crippen LogP contribution in [0.1, 0.15) is 45.1 Å². The molecule has 0 nitrogen and oxygen atoms in total. The van der Waals surface area contributed by atoms with Gasteiger partial charge >= 0.3 is 0 Å². The first kappa shape index (κ1) is 13.9. The van der Waals surface area contributed by atoms with Crippen LogP contribution in [-0.2, 0) is 6.42 Å². The van der Waals surface area contributed by atoms with E-state index in [2.05, 4.69) is 13.8 Å². The summed E-state index contributed by atoms with van der Waals surface area (Å²) in [5.41, 5.74) is 0.787. The maximum Gasteiger partial charge on any atom is 0.144 e. The molecule has 1 saturated carbocycles. The van der Waals surface area contributed by atoms with Crippen LogP contribution in [0.25, 0.3) is 0 Å². The maximum atomic E-state index is 13.8. The van der Waals surface area contributed by atoms with Crippen molar-refractivity contribution in [2.45, 2.75) is 46.0 Å². The van der Waals surface area contributed by atoms with Crippen molar-refractivity contribution in [1.29, 1.82) is 0 Å². The van der Waals surface area contributed by atoms with Crippen LogP contribution < -0.4 is 0 Å². The van der Waals surface area contributed by atoms with Crippen LogP contribution in [-0.4, -0.2) is 0 Å². The Morgan fingerprint density at radius 1 is 1.22 bits per heavy atom. The third kappa shape index (κ3) is 3.26. The molecule has 0 saturated heterocycles. The van der Waals surface area contributed by atoms with Crippen molar-refractivity contribution in [3.8, 4) is 0 Å². The van der Waals surface area contributed by atoms with Gasteiger partial charge in [-0.15, -0.1) is 0 Å². The second-order valence-corrected chi connectivity index (χ2v) is 6.35. The van der Waals surface area contributed by atoms with Crippen LogP contribution >= 0.6 is 11.6 Å². The summed E-state index contributed by atoms with van der Waals surface area (Å²) in [5, 5.41) is 0.253. The molecule has 0 spiro atoms. The molecule has 18 heavy (non-hydrogen) atoms. The highest BCUT2D eigenvalue weighted by atomic mass is 35.5. The van der Waals surface area contributed by atoms with Crippen LogP contribution in [0.15, 0.2) is 18.2 Å². The summed E-state index contributed by atoms with van der Waals surface area (Å²) < 4.78 is 13.8. The Morgan fingerprint density at radius 2 is 1.89 bits per heavy atom. The predicted octanol–water partition coefficient (Wildman–Crippen LogP) is 5.48. The monoisotopic (exact) mass is 268 g/mol. The highest BCUT2D eigenvalue weighted by Gasteiger charge is 2.24. The van der Waals surface area contributed by atoms with Gasteiger partial charge in [0, 0.05) is 0 Å². The second kappa shape index (κ2) is 6.06. The first-order valence-corrected chi connectivity index (χ1v) is 7.38. The molecule has 1 aromatic carbocycles. The molecule has 0 aromatic heterocycles. The zero-order valence-corrected chi connectivity index (χ0v) is 12.0. The number of rotatable bonds is 3. The van der Waals surface area contributed by atoms with E-state index in [0.717, 1.165) is 23.8 Å². The van der Waals surface area contributed by atoms with Crippen molar-refractivity contribution in [1.82, 2.24) is 0 Å². The van der Waals surface area contributed by atoms with Gasteiger partial charge in [0.2, 0.25) is 0 Å². The number of benzene rings is 1. The Hall–Kier alpha value is -0.560. The van der Waals surface area contributed by atoms with Gasteiger partial charge in [-0.3, -0.25) is 0 Å². The Bertz CT molecular complexity index is 392. The minimum absolute atomic E-state index is 0.217. The van der Waals surface area contributed by atoms with Crippen molar-refractivity contribution in [2.24, 2.45) is 17.8 Å². The molecule has 0 atom stereocenters. The van der Waals surface area contributed by atoms with Gasteiger partial charge in [0.05, 0.1) is 5.02 Å². The quantitative estimate of drug-likeness (QED) is 0.680. The Labute approximate surface area is 115 Å². The average molecular weight is 269 g/mol. The molecule has 2 rings (SSSR count). The Balaban J connectivity index is 1.94. The number of halogens is 2. The summed E-state index contributed by atoms with van der Waals surface area (Å²) in [6.45, 7) is 4.61. The van der Waals surface area contributed by atoms with E-state index < -0.39 is 0 Å². The molecule has 0 heterocycles. The molecule has 0 amide bonds. The standard InChI is InChI=1S/C16H22ClF/c1-11(2)13-8-6-12(7-9-13)10-14-4-3-5-15(17)16(14)18/h3-5,11-13H,6-10H2,1-2H3. The van der Waals surface area contributed by atoms with Crippen LogP contribution in [0, 0.1) is 23.6 Å². The van der Waals surface area contributed by atoms with Gasteiger partial charge in [-0.25, -0.2) is 4.39 Å². The summed E-state index contributed by atoms with van der Waals surface area (Å²) in [5.74, 6) is 2.07. The summed E-state index contributed by atoms with van der Waals surface area (Å²) >= 11 is 5.82. The van der Waals surface area contributed by atoms with Crippen molar-refractivity contribution in [3.63, 3.8) is 0 Å². The lowest BCUT2D eigenvalue weighted by molar-refractivity contribution is 0.222. The Kier molecular flexibility index (Phi) is 4.66. The first-order valence-electron chi connectivity index (χ1n) is 7.00. The molecule has 0 aliphatic heterocycles. The number of hydrogen-bond acceptors (Lipinski definition) is 0. The highest BCUT2D eigenvalue weighted by Crippen LogP contribution is 2.35. The van der Waals surface area contributed by atoms with Gasteiger partial charge in [0.25, 0.3) is 0 Å². The van der Waals surface area contributed by atoms with Crippen molar-refractivity contribution >= 4 is 11.6 Å². The molecule has 0 radical (unpaired) electrons. The van der Waals surface area contributed by atoms with Gasteiger partial charge in [0.1, 0.15) is 5.82 Å². The summed E-state index contributed by atoms with van der Waals surface area (Å²) in [7, 11) is 0. The molecule has 1 aliphatic rings. The summed E-state index contributed by atoms with van der Waals surface area (Å²) in [4.78, 5) is 0. The lowest BCUT2D eigenvalue weighted by atomic mass is 9.75. The minimum atomic E-state index is -0.217. The first-order chi connectivity index (χ1) is 8.58.